The molecular formula is C26H23N3O3S. The van der Waals surface area contributed by atoms with Crippen molar-refractivity contribution in [2.24, 2.45) is 23.7 Å². The van der Waals surface area contributed by atoms with Crippen LogP contribution in [0.4, 0.5) is 10.8 Å². The first kappa shape index (κ1) is 19.4. The number of aromatic nitrogens is 1. The Hall–Kier alpha value is -3.03. The molecule has 0 radical (unpaired) electrons. The van der Waals surface area contributed by atoms with Gasteiger partial charge in [-0.05, 0) is 53.6 Å². The second-order valence-corrected chi connectivity index (χ2v) is 10.3. The molecule has 3 aromatic rings. The standard InChI is InChI=1S/C26H23N3O3S/c30-24-22-17-1-2-18(13-17)23(22)25(31)29(24)26-27-20-8-5-16(14-21(20)33-26)15-3-6-19(7-4-15)28-9-11-32-12-10-28/h1-8,14,17-18,22-23H,9-13H2. The van der Waals surface area contributed by atoms with Crippen LogP contribution in [0.3, 0.4) is 0 Å². The first-order chi connectivity index (χ1) is 16.2. The van der Waals surface area contributed by atoms with Crippen LogP contribution in [0, 0.1) is 23.7 Å². The molecule has 166 valence electrons. The summed E-state index contributed by atoms with van der Waals surface area (Å²) >= 11 is 1.43. The van der Waals surface area contributed by atoms with Crippen LogP contribution in [0.2, 0.25) is 0 Å². The van der Waals surface area contributed by atoms with Crippen LogP contribution in [0.5, 0.6) is 0 Å². The van der Waals surface area contributed by atoms with E-state index in [0.717, 1.165) is 54.1 Å². The Morgan fingerprint density at radius 2 is 1.55 bits per heavy atom. The van der Waals surface area contributed by atoms with Gasteiger partial charge in [-0.3, -0.25) is 9.59 Å². The van der Waals surface area contributed by atoms with Crippen LogP contribution in [-0.2, 0) is 14.3 Å². The number of nitrogens with zero attached hydrogens (tertiary/aromatic N) is 3. The van der Waals surface area contributed by atoms with Gasteiger partial charge < -0.3 is 9.64 Å². The fourth-order valence-corrected chi connectivity index (χ4v) is 6.98. The van der Waals surface area contributed by atoms with E-state index < -0.39 is 0 Å². The van der Waals surface area contributed by atoms with E-state index in [4.69, 9.17) is 4.74 Å². The van der Waals surface area contributed by atoms with Gasteiger partial charge in [0.2, 0.25) is 11.8 Å². The predicted octanol–water partition coefficient (Wildman–Crippen LogP) is 4.11. The molecule has 2 aliphatic heterocycles. The van der Waals surface area contributed by atoms with Gasteiger partial charge in [0.15, 0.2) is 5.13 Å². The van der Waals surface area contributed by atoms with Crippen molar-refractivity contribution in [3.05, 3.63) is 54.6 Å². The van der Waals surface area contributed by atoms with Crippen molar-refractivity contribution in [1.82, 2.24) is 4.98 Å². The Bertz CT molecular complexity index is 1280. The van der Waals surface area contributed by atoms with Gasteiger partial charge in [-0.1, -0.05) is 41.7 Å². The van der Waals surface area contributed by atoms with Crippen molar-refractivity contribution in [1.29, 1.82) is 0 Å². The zero-order valence-corrected chi connectivity index (χ0v) is 18.8. The molecule has 3 fully saturated rings. The summed E-state index contributed by atoms with van der Waals surface area (Å²) in [6.45, 7) is 3.38. The van der Waals surface area contributed by atoms with Crippen LogP contribution in [0.1, 0.15) is 6.42 Å². The molecular weight excluding hydrogens is 434 g/mol. The Kier molecular flexibility index (Phi) is 4.26. The van der Waals surface area contributed by atoms with Crippen LogP contribution >= 0.6 is 11.3 Å². The molecule has 1 saturated carbocycles. The zero-order chi connectivity index (χ0) is 22.1. The van der Waals surface area contributed by atoms with E-state index in [-0.39, 0.29) is 35.5 Å². The maximum atomic E-state index is 13.1. The number of morpholine rings is 1. The highest BCUT2D eigenvalue weighted by Gasteiger charge is 2.60. The minimum absolute atomic E-state index is 0.0696. The van der Waals surface area contributed by atoms with Crippen LogP contribution in [0.25, 0.3) is 21.3 Å². The molecule has 7 rings (SSSR count). The molecule has 2 aromatic carbocycles. The number of benzene rings is 2. The summed E-state index contributed by atoms with van der Waals surface area (Å²) in [5.41, 5.74) is 4.27. The number of imide groups is 1. The largest absolute Gasteiger partial charge is 0.378 e. The average Bonchev–Trinajstić information content (AvgIpc) is 3.62. The molecule has 2 amide bonds. The van der Waals surface area contributed by atoms with Gasteiger partial charge in [-0.15, -0.1) is 0 Å². The Balaban J connectivity index is 1.17. The van der Waals surface area contributed by atoms with E-state index >= 15 is 0 Å². The lowest BCUT2D eigenvalue weighted by Gasteiger charge is -2.28. The number of carbonyl (C=O) groups is 2. The molecule has 4 unspecified atom stereocenters. The number of hydrogen-bond acceptors (Lipinski definition) is 6. The van der Waals surface area contributed by atoms with Crippen molar-refractivity contribution >= 4 is 44.2 Å². The molecule has 4 atom stereocenters. The van der Waals surface area contributed by atoms with Crippen molar-refractivity contribution in [3.63, 3.8) is 0 Å². The number of hydrogen-bond donors (Lipinski definition) is 0. The summed E-state index contributed by atoms with van der Waals surface area (Å²) in [5.74, 6) is -0.106. The third-order valence-electron chi connectivity index (χ3n) is 7.62. The fraction of sp³-hybridized carbons (Fsp3) is 0.346. The van der Waals surface area contributed by atoms with E-state index in [1.807, 2.05) is 6.07 Å². The molecule has 0 spiro atoms. The number of ether oxygens (including phenoxy) is 1. The SMILES string of the molecule is O=C1C2C3C=CC(C3)C2C(=O)N1c1nc2ccc(-c3ccc(N4CCOCC4)cc3)cc2s1. The molecule has 2 bridgehead atoms. The minimum Gasteiger partial charge on any atom is -0.378 e. The van der Waals surface area contributed by atoms with Gasteiger partial charge >= 0.3 is 0 Å². The second-order valence-electron chi connectivity index (χ2n) is 9.34. The summed E-state index contributed by atoms with van der Waals surface area (Å²) in [6, 6.07) is 14.8. The second kappa shape index (κ2) is 7.23. The molecule has 7 heteroatoms. The fourth-order valence-electron chi connectivity index (χ4n) is 5.96. The normalized spacial score (nSPS) is 28.4. The first-order valence-corrected chi connectivity index (χ1v) is 12.4. The van der Waals surface area contributed by atoms with Gasteiger partial charge in [0.1, 0.15) is 0 Å². The molecule has 6 nitrogen and oxygen atoms in total. The number of anilines is 2. The molecule has 3 heterocycles. The van der Waals surface area contributed by atoms with Gasteiger partial charge in [0, 0.05) is 18.8 Å². The monoisotopic (exact) mass is 457 g/mol. The summed E-state index contributed by atoms with van der Waals surface area (Å²) in [4.78, 5) is 34.7. The molecule has 1 aromatic heterocycles. The number of rotatable bonds is 3. The topological polar surface area (TPSA) is 62.7 Å². The minimum atomic E-state index is -0.194. The number of thiazole rings is 1. The number of allylic oxidation sites excluding steroid dienone is 2. The molecule has 0 N–H and O–H groups in total. The van der Waals surface area contributed by atoms with Gasteiger partial charge in [-0.2, -0.15) is 0 Å². The third-order valence-corrected chi connectivity index (χ3v) is 8.62. The van der Waals surface area contributed by atoms with Crippen LogP contribution in [-0.4, -0.2) is 43.1 Å². The number of carbonyl (C=O) groups excluding carboxylic acids is 2. The maximum Gasteiger partial charge on any atom is 0.240 e. The zero-order valence-electron chi connectivity index (χ0n) is 18.0. The number of amides is 2. The summed E-state index contributed by atoms with van der Waals surface area (Å²) in [7, 11) is 0. The summed E-state index contributed by atoms with van der Waals surface area (Å²) in [6.07, 6.45) is 5.18. The van der Waals surface area contributed by atoms with Gasteiger partial charge in [0.25, 0.3) is 0 Å². The van der Waals surface area contributed by atoms with E-state index in [1.54, 1.807) is 0 Å². The third kappa shape index (κ3) is 2.92. The Labute approximate surface area is 195 Å². The molecule has 2 saturated heterocycles. The first-order valence-electron chi connectivity index (χ1n) is 11.6. The average molecular weight is 458 g/mol. The van der Waals surface area contributed by atoms with Crippen LogP contribution < -0.4 is 9.80 Å². The van der Waals surface area contributed by atoms with E-state index in [0.29, 0.717) is 5.13 Å². The smallest absolute Gasteiger partial charge is 0.240 e. The van der Waals surface area contributed by atoms with Crippen molar-refractivity contribution in [2.75, 3.05) is 36.1 Å². The summed E-state index contributed by atoms with van der Waals surface area (Å²) in [5, 5.41) is 0.508. The van der Waals surface area contributed by atoms with Gasteiger partial charge in [-0.25, -0.2) is 9.88 Å². The predicted molar refractivity (Wildman–Crippen MR) is 128 cm³/mol. The lowest BCUT2D eigenvalue weighted by molar-refractivity contribution is -0.123. The molecule has 33 heavy (non-hydrogen) atoms. The highest BCUT2D eigenvalue weighted by atomic mass is 32.1. The molecule has 4 aliphatic rings. The van der Waals surface area contributed by atoms with Gasteiger partial charge in [0.05, 0.1) is 35.3 Å². The van der Waals surface area contributed by atoms with Crippen molar-refractivity contribution < 1.29 is 14.3 Å². The quantitative estimate of drug-likeness (QED) is 0.438. The Morgan fingerprint density at radius 1 is 0.879 bits per heavy atom. The lowest BCUT2D eigenvalue weighted by atomic mass is 9.85. The highest BCUT2D eigenvalue weighted by molar-refractivity contribution is 7.22. The lowest BCUT2D eigenvalue weighted by Crippen LogP contribution is -2.36. The number of fused-ring (bicyclic) bond motifs is 6. The van der Waals surface area contributed by atoms with E-state index in [9.17, 15) is 9.59 Å². The van der Waals surface area contributed by atoms with Crippen molar-refractivity contribution in [2.45, 2.75) is 6.42 Å². The maximum absolute atomic E-state index is 13.1. The van der Waals surface area contributed by atoms with E-state index in [1.165, 1.54) is 21.9 Å². The van der Waals surface area contributed by atoms with E-state index in [2.05, 4.69) is 58.4 Å². The van der Waals surface area contributed by atoms with Crippen LogP contribution in [0.15, 0.2) is 54.6 Å². The molecule has 2 aliphatic carbocycles. The Morgan fingerprint density at radius 3 is 2.24 bits per heavy atom. The highest BCUT2D eigenvalue weighted by Crippen LogP contribution is 2.53. The van der Waals surface area contributed by atoms with Crippen molar-refractivity contribution in [3.8, 4) is 11.1 Å². The summed E-state index contributed by atoms with van der Waals surface area (Å²) < 4.78 is 6.43.